The van der Waals surface area contributed by atoms with E-state index >= 15 is 0 Å². The number of carbonyl (C=O) groups excluding carboxylic acids is 4. The Morgan fingerprint density at radius 2 is 1.71 bits per heavy atom. The number of fused-ring (bicyclic) bond motifs is 1. The molecule has 2 aliphatic heterocycles. The molecule has 10 nitrogen and oxygen atoms in total. The Morgan fingerprint density at radius 1 is 0.974 bits per heavy atom. The van der Waals surface area contributed by atoms with Crippen molar-refractivity contribution in [3.05, 3.63) is 91.4 Å². The summed E-state index contributed by atoms with van der Waals surface area (Å²) < 4.78 is 6.20. The monoisotopic (exact) mass is 577 g/mol. The second-order valence-corrected chi connectivity index (χ2v) is 10.1. The van der Waals surface area contributed by atoms with Gasteiger partial charge in [-0.3, -0.25) is 29.3 Å². The highest BCUT2D eigenvalue weighted by Crippen LogP contribution is 2.35. The number of carbonyl (C=O) groups is 4. The molecule has 3 aromatic rings. The maximum Gasteiger partial charge on any atom is 0.316 e. The number of nitro benzene ring substituents is 1. The molecule has 1 atom stereocenters. The van der Waals surface area contributed by atoms with Crippen LogP contribution in [0.1, 0.15) is 38.3 Å². The van der Waals surface area contributed by atoms with Crippen LogP contribution in [0.4, 0.5) is 17.1 Å². The lowest BCUT2D eigenvalue weighted by molar-refractivity contribution is -0.385. The van der Waals surface area contributed by atoms with Crippen LogP contribution in [0.3, 0.4) is 0 Å². The number of halogens is 1. The van der Waals surface area contributed by atoms with E-state index in [0.29, 0.717) is 38.1 Å². The predicted molar refractivity (Wildman–Crippen MR) is 140 cm³/mol. The first-order valence-electron chi connectivity index (χ1n) is 11.6. The van der Waals surface area contributed by atoms with Crippen molar-refractivity contribution in [1.82, 2.24) is 0 Å². The first-order valence-corrected chi connectivity index (χ1v) is 12.4. The van der Waals surface area contributed by atoms with Gasteiger partial charge in [0.2, 0.25) is 5.91 Å². The zero-order chi connectivity index (χ0) is 27.3. The van der Waals surface area contributed by atoms with Crippen molar-refractivity contribution in [2.75, 3.05) is 16.3 Å². The van der Waals surface area contributed by atoms with Crippen molar-refractivity contribution < 1.29 is 28.8 Å². The number of anilines is 2. The quantitative estimate of drug-likeness (QED) is 0.141. The molecule has 0 aromatic heterocycles. The fourth-order valence-corrected chi connectivity index (χ4v) is 5.01. The molecule has 192 valence electrons. The standard InChI is InChI=1S/C27H20BrN3O7/c1-14-3-5-18(12-23(14)31(36)37)29-13-16(10-24(29)32)27(35)38-19-6-8-22(15(2)9-19)30-25(33)20-7-4-17(28)11-21(20)26(30)34/h3-9,11-12,16H,10,13H2,1-2H3/t16-/m0/s1. The third-order valence-corrected chi connectivity index (χ3v) is 7.13. The van der Waals surface area contributed by atoms with Gasteiger partial charge in [0, 0.05) is 29.1 Å². The molecule has 3 aromatic carbocycles. The number of aryl methyl sites for hydroxylation is 2. The average Bonchev–Trinajstić information content (AvgIpc) is 3.37. The minimum absolute atomic E-state index is 0.0273. The lowest BCUT2D eigenvalue weighted by atomic mass is 10.1. The van der Waals surface area contributed by atoms with E-state index in [1.54, 1.807) is 50.2 Å². The van der Waals surface area contributed by atoms with Crippen molar-refractivity contribution in [3.8, 4) is 5.75 Å². The highest BCUT2D eigenvalue weighted by atomic mass is 79.9. The van der Waals surface area contributed by atoms with Crippen LogP contribution in [-0.4, -0.2) is 35.2 Å². The van der Waals surface area contributed by atoms with Crippen molar-refractivity contribution in [2.24, 2.45) is 5.92 Å². The van der Waals surface area contributed by atoms with Crippen LogP contribution in [0.15, 0.2) is 59.1 Å². The van der Waals surface area contributed by atoms with Gasteiger partial charge in [-0.15, -0.1) is 0 Å². The summed E-state index contributed by atoms with van der Waals surface area (Å²) in [6.07, 6.45) is -0.0951. The van der Waals surface area contributed by atoms with Gasteiger partial charge in [-0.2, -0.15) is 0 Å². The molecule has 0 aliphatic carbocycles. The topological polar surface area (TPSA) is 127 Å². The number of nitro groups is 1. The first-order chi connectivity index (χ1) is 18.0. The third kappa shape index (κ3) is 4.34. The molecule has 0 spiro atoms. The van der Waals surface area contributed by atoms with Crippen molar-refractivity contribution in [1.29, 1.82) is 0 Å². The zero-order valence-electron chi connectivity index (χ0n) is 20.3. The van der Waals surface area contributed by atoms with Gasteiger partial charge in [0.15, 0.2) is 0 Å². The van der Waals surface area contributed by atoms with Gasteiger partial charge in [0.05, 0.1) is 33.3 Å². The van der Waals surface area contributed by atoms with Gasteiger partial charge in [0.25, 0.3) is 17.5 Å². The Kier molecular flexibility index (Phi) is 6.31. The van der Waals surface area contributed by atoms with E-state index in [-0.39, 0.29) is 30.3 Å². The minimum atomic E-state index is -0.766. The molecule has 5 rings (SSSR count). The molecule has 0 saturated carbocycles. The van der Waals surface area contributed by atoms with Gasteiger partial charge >= 0.3 is 5.97 Å². The summed E-state index contributed by atoms with van der Waals surface area (Å²) >= 11 is 3.31. The van der Waals surface area contributed by atoms with Gasteiger partial charge in [-0.25, -0.2) is 4.90 Å². The van der Waals surface area contributed by atoms with Gasteiger partial charge in [-0.05, 0) is 61.9 Å². The number of nitrogens with zero attached hydrogens (tertiary/aromatic N) is 3. The highest BCUT2D eigenvalue weighted by Gasteiger charge is 2.39. The Bertz CT molecular complexity index is 1570. The molecule has 38 heavy (non-hydrogen) atoms. The summed E-state index contributed by atoms with van der Waals surface area (Å²) in [4.78, 5) is 64.5. The molecule has 0 unspecified atom stereocenters. The molecule has 2 heterocycles. The molecule has 0 N–H and O–H groups in total. The maximum atomic E-state index is 12.9. The van der Waals surface area contributed by atoms with Crippen LogP contribution < -0.4 is 14.5 Å². The Hall–Kier alpha value is -4.38. The summed E-state index contributed by atoms with van der Waals surface area (Å²) in [6.45, 7) is 3.32. The lowest BCUT2D eigenvalue weighted by Crippen LogP contribution is -2.30. The zero-order valence-corrected chi connectivity index (χ0v) is 21.9. The summed E-state index contributed by atoms with van der Waals surface area (Å²) in [5.41, 5.74) is 2.22. The van der Waals surface area contributed by atoms with Crippen molar-refractivity contribution >= 4 is 56.7 Å². The normalized spacial score (nSPS) is 16.7. The fraction of sp³-hybridized carbons (Fsp3) is 0.185. The molecule has 3 amide bonds. The average molecular weight is 578 g/mol. The number of ether oxygens (including phenoxy) is 1. The number of esters is 1. The lowest BCUT2D eigenvalue weighted by Gasteiger charge is -2.18. The van der Waals surface area contributed by atoms with Gasteiger partial charge in [-0.1, -0.05) is 22.0 Å². The van der Waals surface area contributed by atoms with E-state index in [4.69, 9.17) is 4.74 Å². The molecule has 0 bridgehead atoms. The van der Waals surface area contributed by atoms with E-state index in [2.05, 4.69) is 15.9 Å². The second kappa shape index (κ2) is 9.49. The first kappa shape index (κ1) is 25.3. The van der Waals surface area contributed by atoms with Gasteiger partial charge < -0.3 is 9.64 Å². The van der Waals surface area contributed by atoms with Crippen LogP contribution in [0.2, 0.25) is 0 Å². The molecule has 0 radical (unpaired) electrons. The van der Waals surface area contributed by atoms with Gasteiger partial charge in [0.1, 0.15) is 5.75 Å². The minimum Gasteiger partial charge on any atom is -0.426 e. The largest absolute Gasteiger partial charge is 0.426 e. The van der Waals surface area contributed by atoms with Crippen molar-refractivity contribution in [2.45, 2.75) is 20.3 Å². The SMILES string of the molecule is Cc1cc(OC(=O)[C@H]2CC(=O)N(c3ccc(C)c([N+](=O)[O-])c3)C2)ccc1N1C(=O)c2ccc(Br)cc2C1=O. The van der Waals surface area contributed by atoms with Crippen LogP contribution in [-0.2, 0) is 9.59 Å². The highest BCUT2D eigenvalue weighted by molar-refractivity contribution is 9.10. The summed E-state index contributed by atoms with van der Waals surface area (Å²) in [5.74, 6) is -2.41. The number of benzene rings is 3. The Labute approximate surface area is 225 Å². The van der Waals surface area contributed by atoms with E-state index in [1.165, 1.54) is 23.1 Å². The summed E-state index contributed by atoms with van der Waals surface area (Å²) in [6, 6.07) is 13.9. The summed E-state index contributed by atoms with van der Waals surface area (Å²) in [5, 5.41) is 11.3. The van der Waals surface area contributed by atoms with E-state index in [1.807, 2.05) is 0 Å². The summed E-state index contributed by atoms with van der Waals surface area (Å²) in [7, 11) is 0. The molecule has 1 fully saturated rings. The van der Waals surface area contributed by atoms with Crippen LogP contribution in [0, 0.1) is 29.9 Å². The Morgan fingerprint density at radius 3 is 2.42 bits per heavy atom. The van der Waals surface area contributed by atoms with Crippen LogP contribution in [0.5, 0.6) is 5.75 Å². The smallest absolute Gasteiger partial charge is 0.316 e. The van der Waals surface area contributed by atoms with E-state index < -0.39 is 28.6 Å². The number of hydrogen-bond donors (Lipinski definition) is 0. The van der Waals surface area contributed by atoms with Crippen molar-refractivity contribution in [3.63, 3.8) is 0 Å². The number of amides is 3. The molecular formula is C27H20BrN3O7. The predicted octanol–water partition coefficient (Wildman–Crippen LogP) is 4.73. The Balaban J connectivity index is 1.30. The number of hydrogen-bond acceptors (Lipinski definition) is 7. The van der Waals surface area contributed by atoms with Crippen LogP contribution >= 0.6 is 15.9 Å². The third-order valence-electron chi connectivity index (χ3n) is 6.64. The molecule has 1 saturated heterocycles. The number of imide groups is 1. The molecule has 11 heteroatoms. The van der Waals surface area contributed by atoms with Crippen LogP contribution in [0.25, 0.3) is 0 Å². The maximum absolute atomic E-state index is 12.9. The number of rotatable bonds is 5. The second-order valence-electron chi connectivity index (χ2n) is 9.14. The fourth-order valence-electron chi connectivity index (χ4n) is 4.65. The van der Waals surface area contributed by atoms with E-state index in [9.17, 15) is 29.3 Å². The molecular weight excluding hydrogens is 558 g/mol. The van der Waals surface area contributed by atoms with E-state index in [0.717, 1.165) is 4.90 Å². The molecule has 2 aliphatic rings.